The zero-order valence-electron chi connectivity index (χ0n) is 18.1. The number of rotatable bonds is 8. The molecule has 35 heavy (non-hydrogen) atoms. The van der Waals surface area contributed by atoms with E-state index in [4.69, 9.17) is 4.74 Å². The molecule has 0 saturated carbocycles. The summed E-state index contributed by atoms with van der Waals surface area (Å²) >= 11 is 3.28. The van der Waals surface area contributed by atoms with E-state index in [0.717, 1.165) is 6.07 Å². The highest BCUT2D eigenvalue weighted by Gasteiger charge is 2.19. The van der Waals surface area contributed by atoms with Crippen LogP contribution in [0.3, 0.4) is 0 Å². The van der Waals surface area contributed by atoms with Crippen molar-refractivity contribution in [2.24, 2.45) is 0 Å². The summed E-state index contributed by atoms with van der Waals surface area (Å²) in [5, 5.41) is 27.2. The summed E-state index contributed by atoms with van der Waals surface area (Å²) in [6, 6.07) is 15.4. The Hall–Kier alpha value is -4.58. The van der Waals surface area contributed by atoms with Crippen LogP contribution < -0.4 is 15.4 Å². The Kier molecular flexibility index (Phi) is 7.89. The Labute approximate surface area is 206 Å². The lowest BCUT2D eigenvalue weighted by atomic mass is 10.1. The maximum absolute atomic E-state index is 13.1. The average Bonchev–Trinajstić information content (AvgIpc) is 2.84. The third-order valence-corrected chi connectivity index (χ3v) is 5.31. The number of hydrogen-bond acceptors (Lipinski definition) is 7. The Morgan fingerprint density at radius 1 is 0.943 bits per heavy atom. The second-order valence-corrected chi connectivity index (χ2v) is 7.83. The minimum Gasteiger partial charge on any atom is -0.497 e. The quantitative estimate of drug-likeness (QED) is 0.238. The smallest absolute Gasteiger partial charge is 0.272 e. The van der Waals surface area contributed by atoms with Gasteiger partial charge in [0.25, 0.3) is 23.2 Å². The minimum atomic E-state index is -0.802. The van der Waals surface area contributed by atoms with E-state index in [-0.39, 0.29) is 33.9 Å². The van der Waals surface area contributed by atoms with Crippen LogP contribution in [0.2, 0.25) is 0 Å². The number of nitro groups is 2. The molecule has 3 aromatic carbocycles. The van der Waals surface area contributed by atoms with Crippen molar-refractivity contribution in [3.8, 4) is 5.75 Å². The first-order valence-electron chi connectivity index (χ1n) is 9.85. The lowest BCUT2D eigenvalue weighted by molar-refractivity contribution is -0.385. The van der Waals surface area contributed by atoms with Gasteiger partial charge in [0.05, 0.1) is 22.5 Å². The maximum Gasteiger partial charge on any atom is 0.272 e. The molecule has 11 nitrogen and oxygen atoms in total. The Morgan fingerprint density at radius 2 is 1.60 bits per heavy atom. The highest BCUT2D eigenvalue weighted by Crippen LogP contribution is 2.24. The van der Waals surface area contributed by atoms with E-state index in [0.29, 0.717) is 10.2 Å². The summed E-state index contributed by atoms with van der Waals surface area (Å²) in [7, 11) is 1.44. The molecule has 0 spiro atoms. The van der Waals surface area contributed by atoms with Gasteiger partial charge in [-0.15, -0.1) is 0 Å². The molecule has 0 unspecified atom stereocenters. The van der Waals surface area contributed by atoms with Gasteiger partial charge < -0.3 is 15.4 Å². The van der Waals surface area contributed by atoms with Crippen molar-refractivity contribution in [2.45, 2.75) is 0 Å². The molecule has 178 valence electrons. The van der Waals surface area contributed by atoms with E-state index >= 15 is 0 Å². The third-order valence-electron chi connectivity index (χ3n) is 4.62. The van der Waals surface area contributed by atoms with Crippen LogP contribution in [0.5, 0.6) is 5.75 Å². The van der Waals surface area contributed by atoms with Crippen LogP contribution >= 0.6 is 15.9 Å². The number of benzene rings is 3. The van der Waals surface area contributed by atoms with E-state index < -0.39 is 21.7 Å². The van der Waals surface area contributed by atoms with Crippen LogP contribution in [0, 0.1) is 20.2 Å². The Bertz CT molecular complexity index is 1360. The van der Waals surface area contributed by atoms with Crippen LogP contribution in [0.25, 0.3) is 6.08 Å². The van der Waals surface area contributed by atoms with E-state index in [1.165, 1.54) is 61.7 Å². The van der Waals surface area contributed by atoms with Gasteiger partial charge in [-0.1, -0.05) is 18.2 Å². The second kappa shape index (κ2) is 11.0. The van der Waals surface area contributed by atoms with Crippen molar-refractivity contribution < 1.29 is 24.2 Å². The van der Waals surface area contributed by atoms with Crippen LogP contribution in [0.15, 0.2) is 76.9 Å². The molecule has 0 fully saturated rings. The highest BCUT2D eigenvalue weighted by atomic mass is 79.9. The molecular weight excluding hydrogens is 524 g/mol. The van der Waals surface area contributed by atoms with Gasteiger partial charge in [0.2, 0.25) is 0 Å². The number of amides is 2. The molecule has 0 aliphatic rings. The fourth-order valence-electron chi connectivity index (χ4n) is 2.94. The van der Waals surface area contributed by atoms with Gasteiger partial charge in [0.15, 0.2) is 0 Å². The van der Waals surface area contributed by atoms with Crippen molar-refractivity contribution >= 4 is 50.9 Å². The van der Waals surface area contributed by atoms with Crippen LogP contribution in [0.4, 0.5) is 17.1 Å². The number of carbonyl (C=O) groups is 2. The van der Waals surface area contributed by atoms with Gasteiger partial charge in [-0.25, -0.2) is 0 Å². The molecule has 0 bridgehead atoms. The van der Waals surface area contributed by atoms with Crippen molar-refractivity contribution in [1.82, 2.24) is 5.32 Å². The molecule has 2 N–H and O–H groups in total. The van der Waals surface area contributed by atoms with Gasteiger partial charge in [-0.3, -0.25) is 29.8 Å². The van der Waals surface area contributed by atoms with Gasteiger partial charge in [0, 0.05) is 34.4 Å². The predicted molar refractivity (Wildman–Crippen MR) is 131 cm³/mol. The number of carbonyl (C=O) groups excluding carboxylic acids is 2. The molecule has 0 atom stereocenters. The summed E-state index contributed by atoms with van der Waals surface area (Å²) in [6.07, 6.45) is 1.26. The molecule has 3 aromatic rings. The molecule has 0 radical (unpaired) electrons. The summed E-state index contributed by atoms with van der Waals surface area (Å²) in [5.74, 6) is -1.06. The molecular formula is C23H17BrN4O7. The molecule has 0 heterocycles. The van der Waals surface area contributed by atoms with E-state index in [1.54, 1.807) is 12.1 Å². The molecule has 3 rings (SSSR count). The molecule has 0 aliphatic carbocycles. The topological polar surface area (TPSA) is 154 Å². The number of nitrogens with one attached hydrogen (secondary N) is 2. The van der Waals surface area contributed by atoms with Crippen molar-refractivity contribution in [3.63, 3.8) is 0 Å². The first-order valence-corrected chi connectivity index (χ1v) is 10.6. The monoisotopic (exact) mass is 540 g/mol. The van der Waals surface area contributed by atoms with E-state index in [1.807, 2.05) is 0 Å². The number of methoxy groups -OCH3 is 1. The first-order chi connectivity index (χ1) is 16.7. The fourth-order valence-corrected chi connectivity index (χ4v) is 3.37. The molecule has 0 aliphatic heterocycles. The summed E-state index contributed by atoms with van der Waals surface area (Å²) in [5.41, 5.74) is -0.149. The van der Waals surface area contributed by atoms with Gasteiger partial charge in [0.1, 0.15) is 11.4 Å². The number of hydrogen-bond donors (Lipinski definition) is 2. The van der Waals surface area contributed by atoms with Crippen LogP contribution in [-0.2, 0) is 4.79 Å². The molecule has 2 amide bonds. The number of halogens is 1. The largest absolute Gasteiger partial charge is 0.497 e. The number of anilines is 1. The molecule has 0 aromatic heterocycles. The molecule has 12 heteroatoms. The third kappa shape index (κ3) is 6.48. The average molecular weight is 541 g/mol. The Balaban J connectivity index is 1.98. The highest BCUT2D eigenvalue weighted by molar-refractivity contribution is 9.10. The zero-order chi connectivity index (χ0) is 25.5. The van der Waals surface area contributed by atoms with Gasteiger partial charge in [-0.05, 0) is 51.8 Å². The normalized spacial score (nSPS) is 10.9. The zero-order valence-corrected chi connectivity index (χ0v) is 19.6. The van der Waals surface area contributed by atoms with Gasteiger partial charge >= 0.3 is 0 Å². The number of nitro benzene ring substituents is 2. The second-order valence-electron chi connectivity index (χ2n) is 6.97. The number of ether oxygens (including phenoxy) is 1. The summed E-state index contributed by atoms with van der Waals surface area (Å²) in [4.78, 5) is 47.0. The van der Waals surface area contributed by atoms with E-state index in [9.17, 15) is 29.8 Å². The number of nitrogens with zero attached hydrogens (tertiary/aromatic N) is 2. The maximum atomic E-state index is 13.1. The predicted octanol–water partition coefficient (Wildman–Crippen LogP) is 4.68. The van der Waals surface area contributed by atoms with Gasteiger partial charge in [-0.2, -0.15) is 0 Å². The fraction of sp³-hybridized carbons (Fsp3) is 0.0435. The van der Waals surface area contributed by atoms with Crippen LogP contribution in [-0.4, -0.2) is 28.8 Å². The Morgan fingerprint density at radius 3 is 2.26 bits per heavy atom. The summed E-state index contributed by atoms with van der Waals surface area (Å²) < 4.78 is 5.57. The first kappa shape index (κ1) is 25.1. The van der Waals surface area contributed by atoms with E-state index in [2.05, 4.69) is 26.6 Å². The van der Waals surface area contributed by atoms with Crippen molar-refractivity contribution in [1.29, 1.82) is 0 Å². The lowest BCUT2D eigenvalue weighted by Crippen LogP contribution is -2.31. The number of non-ortho nitro benzene ring substituents is 2. The van der Waals surface area contributed by atoms with Crippen molar-refractivity contribution in [3.05, 3.63) is 108 Å². The standard InChI is InChI=1S/C23H17BrN4O7/c1-35-18-8-9-20(24)19(13-18)22(29)26-21(11-14-4-2-6-16(10-14)27(31)32)23(30)25-15-5-3-7-17(12-15)28(33)34/h2-13H,1H3,(H,25,30)(H,26,29)/b21-11-. The minimum absolute atomic E-state index is 0.117. The van der Waals surface area contributed by atoms with Crippen molar-refractivity contribution in [2.75, 3.05) is 12.4 Å². The SMILES string of the molecule is COc1ccc(Br)c(C(=O)N/C(=C\c2cccc([N+](=O)[O-])c2)C(=O)Nc2cccc([N+](=O)[O-])c2)c1. The van der Waals surface area contributed by atoms with Crippen LogP contribution in [0.1, 0.15) is 15.9 Å². The lowest BCUT2D eigenvalue weighted by Gasteiger charge is -2.13. The molecule has 0 saturated heterocycles. The summed E-state index contributed by atoms with van der Waals surface area (Å²) in [6.45, 7) is 0.